The summed E-state index contributed by atoms with van der Waals surface area (Å²) in [6, 6.07) is 21.0. The number of rotatable bonds is 3. The number of benzene rings is 3. The summed E-state index contributed by atoms with van der Waals surface area (Å²) in [5.74, 6) is -0.118. The quantitative estimate of drug-likeness (QED) is 0.430. The Hall–Kier alpha value is -2.96. The maximum Gasteiger partial charge on any atom is 0.323 e. The molecular weight excluding hydrogens is 478 g/mol. The number of carbonyl (C=O) groups is 2. The van der Waals surface area contributed by atoms with E-state index in [1.807, 2.05) is 74.5 Å². The summed E-state index contributed by atoms with van der Waals surface area (Å²) in [5, 5.41) is 3.56. The molecule has 3 aromatic carbocycles. The van der Waals surface area contributed by atoms with E-state index >= 15 is 0 Å². The zero-order chi connectivity index (χ0) is 25.0. The van der Waals surface area contributed by atoms with Crippen LogP contribution in [-0.2, 0) is 16.2 Å². The van der Waals surface area contributed by atoms with Gasteiger partial charge < -0.3 is 10.2 Å². The van der Waals surface area contributed by atoms with Crippen molar-refractivity contribution in [2.75, 3.05) is 16.8 Å². The second kappa shape index (κ2) is 8.61. The highest BCUT2D eigenvalue weighted by Crippen LogP contribution is 2.60. The van der Waals surface area contributed by atoms with Gasteiger partial charge in [-0.25, -0.2) is 4.79 Å². The molecule has 2 aliphatic rings. The van der Waals surface area contributed by atoms with Crippen LogP contribution in [0, 0.1) is 13.8 Å². The number of hydrogen-bond donors (Lipinski definition) is 1. The van der Waals surface area contributed by atoms with Gasteiger partial charge in [-0.2, -0.15) is 0 Å². The van der Waals surface area contributed by atoms with Crippen LogP contribution < -0.4 is 10.2 Å². The summed E-state index contributed by atoms with van der Waals surface area (Å²) in [7, 11) is 0. The largest absolute Gasteiger partial charge is 0.323 e. The molecule has 5 rings (SSSR count). The van der Waals surface area contributed by atoms with Gasteiger partial charge in [-0.15, -0.1) is 11.8 Å². The third-order valence-corrected chi connectivity index (χ3v) is 8.42. The minimum absolute atomic E-state index is 0.118. The fraction of sp³-hybridized carbons (Fsp3) is 0.286. The first-order valence-electron chi connectivity index (χ1n) is 11.6. The summed E-state index contributed by atoms with van der Waals surface area (Å²) in [5.41, 5.74) is 5.49. The van der Waals surface area contributed by atoms with Crippen LogP contribution in [0.25, 0.3) is 0 Å². The van der Waals surface area contributed by atoms with Crippen molar-refractivity contribution in [3.63, 3.8) is 0 Å². The predicted octanol–water partition coefficient (Wildman–Crippen LogP) is 6.72. The normalized spacial score (nSPS) is 20.4. The summed E-state index contributed by atoms with van der Waals surface area (Å²) < 4.78 is -0.335. The molecule has 0 bridgehead atoms. The average molecular weight is 506 g/mol. The van der Waals surface area contributed by atoms with Gasteiger partial charge >= 0.3 is 6.03 Å². The SMILES string of the molecule is Cc1cccc(NC(=O)N2CC(C)(C)S[C@@]23C(=O)N(Cc2ccccc2C)c2ccc(Cl)cc23)c1. The summed E-state index contributed by atoms with van der Waals surface area (Å²) in [4.78, 5) is 30.4. The molecule has 7 heteroatoms. The van der Waals surface area contributed by atoms with Crippen molar-refractivity contribution in [2.45, 2.75) is 43.9 Å². The Labute approximate surface area is 215 Å². The molecule has 1 saturated heterocycles. The number of halogens is 1. The second-order valence-electron chi connectivity index (χ2n) is 9.87. The van der Waals surface area contributed by atoms with Crippen molar-refractivity contribution >= 4 is 46.7 Å². The van der Waals surface area contributed by atoms with E-state index in [9.17, 15) is 9.59 Å². The Morgan fingerprint density at radius 1 is 1.06 bits per heavy atom. The molecule has 2 heterocycles. The number of nitrogens with one attached hydrogen (secondary N) is 1. The van der Waals surface area contributed by atoms with Crippen LogP contribution in [0.2, 0.25) is 5.02 Å². The van der Waals surface area contributed by atoms with Crippen LogP contribution >= 0.6 is 23.4 Å². The Bertz CT molecular complexity index is 1340. The van der Waals surface area contributed by atoms with Crippen LogP contribution in [0.3, 0.4) is 0 Å². The number of carbonyl (C=O) groups excluding carboxylic acids is 2. The molecule has 1 spiro atoms. The molecule has 0 saturated carbocycles. The fourth-order valence-electron chi connectivity index (χ4n) is 5.00. The third-order valence-electron chi connectivity index (χ3n) is 6.60. The number of fused-ring (bicyclic) bond motifs is 2. The van der Waals surface area contributed by atoms with Crippen LogP contribution in [0.4, 0.5) is 16.2 Å². The predicted molar refractivity (Wildman–Crippen MR) is 144 cm³/mol. The number of amides is 3. The smallest absolute Gasteiger partial charge is 0.308 e. The lowest BCUT2D eigenvalue weighted by molar-refractivity contribution is -0.123. The number of hydrogen-bond acceptors (Lipinski definition) is 3. The first kappa shape index (κ1) is 23.8. The van der Waals surface area contributed by atoms with Crippen molar-refractivity contribution in [2.24, 2.45) is 0 Å². The van der Waals surface area contributed by atoms with Gasteiger partial charge in [0.1, 0.15) is 0 Å². The highest BCUT2D eigenvalue weighted by atomic mass is 35.5. The Kier molecular flexibility index (Phi) is 5.85. The summed E-state index contributed by atoms with van der Waals surface area (Å²) in [6.07, 6.45) is 0. The van der Waals surface area contributed by atoms with E-state index in [0.717, 1.165) is 27.9 Å². The number of thioether (sulfide) groups is 1. The Morgan fingerprint density at radius 2 is 1.83 bits per heavy atom. The van der Waals surface area contributed by atoms with Gasteiger partial charge in [0, 0.05) is 27.6 Å². The van der Waals surface area contributed by atoms with E-state index < -0.39 is 4.87 Å². The zero-order valence-corrected chi connectivity index (χ0v) is 21.8. The van der Waals surface area contributed by atoms with Crippen LogP contribution in [0.1, 0.15) is 36.1 Å². The van der Waals surface area contributed by atoms with Crippen molar-refractivity contribution in [1.29, 1.82) is 0 Å². The fourth-order valence-corrected chi connectivity index (χ4v) is 6.90. The molecule has 2 aliphatic heterocycles. The van der Waals surface area contributed by atoms with Crippen LogP contribution in [0.5, 0.6) is 0 Å². The number of urea groups is 1. The number of aryl methyl sites for hydroxylation is 2. The third kappa shape index (κ3) is 4.09. The molecule has 3 aromatic rings. The van der Waals surface area contributed by atoms with Crippen LogP contribution in [0.15, 0.2) is 66.7 Å². The molecule has 35 heavy (non-hydrogen) atoms. The summed E-state index contributed by atoms with van der Waals surface area (Å²) >= 11 is 7.97. The van der Waals surface area contributed by atoms with Gasteiger partial charge in [-0.3, -0.25) is 9.69 Å². The van der Waals surface area contributed by atoms with Crippen molar-refractivity contribution in [1.82, 2.24) is 4.90 Å². The van der Waals surface area contributed by atoms with E-state index in [2.05, 4.69) is 19.2 Å². The highest BCUT2D eigenvalue weighted by molar-refractivity contribution is 8.02. The van der Waals surface area contributed by atoms with E-state index in [1.165, 1.54) is 11.8 Å². The lowest BCUT2D eigenvalue weighted by Gasteiger charge is -2.33. The average Bonchev–Trinajstić information content (AvgIpc) is 3.21. The maximum absolute atomic E-state index is 14.4. The van der Waals surface area contributed by atoms with E-state index in [-0.39, 0.29) is 16.7 Å². The molecule has 1 N–H and O–H groups in total. The van der Waals surface area contributed by atoms with Crippen molar-refractivity contribution in [3.05, 3.63) is 94.0 Å². The molecule has 1 fully saturated rings. The maximum atomic E-state index is 14.4. The van der Waals surface area contributed by atoms with E-state index in [4.69, 9.17) is 11.6 Å². The Balaban J connectivity index is 1.60. The minimum Gasteiger partial charge on any atom is -0.308 e. The van der Waals surface area contributed by atoms with E-state index in [0.29, 0.717) is 23.8 Å². The van der Waals surface area contributed by atoms with Crippen LogP contribution in [-0.4, -0.2) is 28.1 Å². The van der Waals surface area contributed by atoms with Gasteiger partial charge in [0.25, 0.3) is 5.91 Å². The van der Waals surface area contributed by atoms with Gasteiger partial charge in [0.15, 0.2) is 4.87 Å². The lowest BCUT2D eigenvalue weighted by atomic mass is 10.0. The van der Waals surface area contributed by atoms with Gasteiger partial charge in [-0.1, -0.05) is 48.0 Å². The molecule has 180 valence electrons. The molecule has 5 nitrogen and oxygen atoms in total. The van der Waals surface area contributed by atoms with Gasteiger partial charge in [0.05, 0.1) is 12.2 Å². The standard InChI is InChI=1S/C28H28ClN3O2S/c1-18-8-7-11-22(14-18)30-26(34)32-17-27(3,4)35-28(32)23-15-21(29)12-13-24(23)31(25(28)33)16-20-10-6-5-9-19(20)2/h5-15H,16-17H2,1-4H3,(H,30,34)/t28-/m0/s1. The zero-order valence-electron chi connectivity index (χ0n) is 20.3. The monoisotopic (exact) mass is 505 g/mol. The molecule has 3 amide bonds. The second-order valence-corrected chi connectivity index (χ2v) is 12.2. The Morgan fingerprint density at radius 3 is 2.57 bits per heavy atom. The van der Waals surface area contributed by atoms with Gasteiger partial charge in [-0.05, 0) is 74.7 Å². The molecule has 0 aromatic heterocycles. The highest BCUT2D eigenvalue weighted by Gasteiger charge is 2.63. The molecule has 0 unspecified atom stereocenters. The topological polar surface area (TPSA) is 52.7 Å². The van der Waals surface area contributed by atoms with Crippen molar-refractivity contribution < 1.29 is 9.59 Å². The molecule has 1 atom stereocenters. The number of anilines is 2. The van der Waals surface area contributed by atoms with Crippen molar-refractivity contribution in [3.8, 4) is 0 Å². The number of nitrogens with zero attached hydrogens (tertiary/aromatic N) is 2. The van der Waals surface area contributed by atoms with E-state index in [1.54, 1.807) is 15.9 Å². The first-order valence-corrected chi connectivity index (χ1v) is 12.8. The lowest BCUT2D eigenvalue weighted by Crippen LogP contribution is -2.51. The molecule has 0 aliphatic carbocycles. The molecule has 0 radical (unpaired) electrons. The first-order chi connectivity index (χ1) is 16.6. The molecular formula is C28H28ClN3O2S. The minimum atomic E-state index is -1.19. The summed E-state index contributed by atoms with van der Waals surface area (Å²) in [6.45, 7) is 9.01. The van der Waals surface area contributed by atoms with Gasteiger partial charge in [0.2, 0.25) is 0 Å².